The molecule has 2 unspecified atom stereocenters. The van der Waals surface area contributed by atoms with Crippen LogP contribution >= 0.6 is 34.9 Å². The quantitative estimate of drug-likeness (QED) is 0.0467. The third kappa shape index (κ3) is 7.55. The fraction of sp³-hybridized carbons (Fsp3) is 0.300. The first-order chi connectivity index (χ1) is 26.1. The molecule has 0 saturated carbocycles. The van der Waals surface area contributed by atoms with Gasteiger partial charge in [0.15, 0.2) is 29.5 Å². The number of fused-ring (bicyclic) bond motifs is 1. The largest absolute Gasteiger partial charge is 0.455 e. The molecule has 0 radical (unpaired) electrons. The van der Waals surface area contributed by atoms with Crippen molar-refractivity contribution in [2.45, 2.75) is 44.0 Å². The zero-order valence-electron chi connectivity index (χ0n) is 30.4. The van der Waals surface area contributed by atoms with Gasteiger partial charge in [-0.25, -0.2) is 14.4 Å². The van der Waals surface area contributed by atoms with E-state index in [1.54, 1.807) is 37.9 Å². The standard InChI is InChI=1S/C40H40N6O5S3/c1-39(2,3)51-37(49)34-31(22-45-20-21-52-25-45)53-24-30-33(36(48)46(30)34)42-35(47)32(44-50-4)29-23-54-38(41-29)43-40(26-14-8-5-9-15-26,27-16-10-6-11-17-27)28-18-12-7-13-19-28/h5-19,23,25,30,33H,20-22,24H2,1-4H3,(H-,41,42,43,47)/p+1. The van der Waals surface area contributed by atoms with Crippen molar-refractivity contribution in [2.24, 2.45) is 5.16 Å². The van der Waals surface area contributed by atoms with Crippen molar-refractivity contribution < 1.29 is 28.5 Å². The molecule has 4 aromatic rings. The molecule has 2 N–H and O–H groups in total. The number of β-lactam (4-membered cyclic amide) rings is 1. The van der Waals surface area contributed by atoms with Crippen LogP contribution in [0.5, 0.6) is 0 Å². The molecule has 2 amide bonds. The molecule has 0 aliphatic carbocycles. The number of nitrogens with one attached hydrogen (secondary N) is 2. The van der Waals surface area contributed by atoms with Gasteiger partial charge in [0.25, 0.3) is 11.8 Å². The van der Waals surface area contributed by atoms with E-state index in [1.807, 2.05) is 60.1 Å². The van der Waals surface area contributed by atoms with E-state index in [-0.39, 0.29) is 23.0 Å². The summed E-state index contributed by atoms with van der Waals surface area (Å²) in [6.45, 7) is 6.75. The van der Waals surface area contributed by atoms with Crippen molar-refractivity contribution >= 4 is 69.0 Å². The SMILES string of the molecule is CON=C(C(=O)NC1C(=O)N2C(C(=O)OC(C)(C)C)=C(C[N+]3=CSCC3)SCC12)c1csc(NC(c2ccccc2)(c2ccccc2)c2ccccc2)n1. The zero-order chi connectivity index (χ0) is 37.9. The lowest BCUT2D eigenvalue weighted by molar-refractivity contribution is -0.504. The summed E-state index contributed by atoms with van der Waals surface area (Å²) in [7, 11) is 1.35. The number of aromatic nitrogens is 1. The van der Waals surface area contributed by atoms with Gasteiger partial charge in [-0.05, 0) is 37.5 Å². The molecule has 0 spiro atoms. The number of oxime groups is 1. The number of nitrogens with zero attached hydrogens (tertiary/aromatic N) is 4. The molecule has 11 nitrogen and oxygen atoms in total. The summed E-state index contributed by atoms with van der Waals surface area (Å²) >= 11 is 4.56. The lowest BCUT2D eigenvalue weighted by Gasteiger charge is -2.50. The molecule has 1 aromatic heterocycles. The van der Waals surface area contributed by atoms with Crippen molar-refractivity contribution in [3.8, 4) is 0 Å². The number of carbonyl (C=O) groups is 3. The summed E-state index contributed by atoms with van der Waals surface area (Å²) in [6, 6.07) is 29.1. The number of thioether (sulfide) groups is 2. The first-order valence-electron chi connectivity index (χ1n) is 17.5. The monoisotopic (exact) mass is 781 g/mol. The topological polar surface area (TPSA) is 125 Å². The van der Waals surface area contributed by atoms with Gasteiger partial charge in [0, 0.05) is 11.1 Å². The number of benzene rings is 3. The smallest absolute Gasteiger partial charge is 0.356 e. The summed E-state index contributed by atoms with van der Waals surface area (Å²) in [5.41, 5.74) is 3.92. The highest BCUT2D eigenvalue weighted by atomic mass is 32.2. The van der Waals surface area contributed by atoms with E-state index < -0.39 is 35.1 Å². The average Bonchev–Trinajstić information content (AvgIpc) is 3.87. The molecule has 3 aliphatic rings. The van der Waals surface area contributed by atoms with Crippen LogP contribution in [0.2, 0.25) is 0 Å². The fourth-order valence-electron chi connectivity index (χ4n) is 6.77. The Morgan fingerprint density at radius 1 is 0.963 bits per heavy atom. The van der Waals surface area contributed by atoms with E-state index >= 15 is 0 Å². The van der Waals surface area contributed by atoms with Crippen molar-refractivity contribution in [3.63, 3.8) is 0 Å². The number of hydrogen-bond acceptors (Lipinski definition) is 11. The Morgan fingerprint density at radius 3 is 2.11 bits per heavy atom. The number of hydrogen-bond donors (Lipinski definition) is 2. The maximum Gasteiger partial charge on any atom is 0.356 e. The highest BCUT2D eigenvalue weighted by Gasteiger charge is 2.55. The normalized spacial score (nSPS) is 18.7. The molecule has 54 heavy (non-hydrogen) atoms. The number of anilines is 1. The highest BCUT2D eigenvalue weighted by Crippen LogP contribution is 2.42. The summed E-state index contributed by atoms with van der Waals surface area (Å²) in [4.78, 5) is 53.6. The maximum atomic E-state index is 13.9. The molecular weight excluding hydrogens is 741 g/mol. The van der Waals surface area contributed by atoms with Crippen molar-refractivity contribution in [3.05, 3.63) is 129 Å². The van der Waals surface area contributed by atoms with Gasteiger partial charge in [-0.15, -0.1) is 23.1 Å². The Labute approximate surface area is 326 Å². The Balaban J connectivity index is 1.15. The van der Waals surface area contributed by atoms with Gasteiger partial charge in [0.2, 0.25) is 0 Å². The Kier molecular flexibility index (Phi) is 11.0. The number of rotatable bonds is 12. The molecule has 3 aliphatic heterocycles. The molecule has 4 heterocycles. The molecule has 1 fully saturated rings. The lowest BCUT2D eigenvalue weighted by Crippen LogP contribution is -2.73. The molecule has 3 aromatic carbocycles. The molecule has 14 heteroatoms. The summed E-state index contributed by atoms with van der Waals surface area (Å²) in [5, 5.41) is 12.9. The summed E-state index contributed by atoms with van der Waals surface area (Å²) < 4.78 is 7.90. The number of esters is 1. The number of ether oxygens (including phenoxy) is 1. The first kappa shape index (κ1) is 37.4. The van der Waals surface area contributed by atoms with Crippen molar-refractivity contribution in [2.75, 3.05) is 37.0 Å². The molecular formula is C40H41N6O5S3+. The zero-order valence-corrected chi connectivity index (χ0v) is 32.8. The number of amides is 2. The van der Waals surface area contributed by atoms with Crippen LogP contribution in [-0.2, 0) is 29.5 Å². The molecule has 278 valence electrons. The van der Waals surface area contributed by atoms with Crippen molar-refractivity contribution in [1.82, 2.24) is 15.2 Å². The van der Waals surface area contributed by atoms with E-state index in [1.165, 1.54) is 35.1 Å². The average molecular weight is 782 g/mol. The fourth-order valence-corrected chi connectivity index (χ4v) is 9.64. The highest BCUT2D eigenvalue weighted by molar-refractivity contribution is 8.12. The number of carbonyl (C=O) groups excluding carboxylic acids is 3. The van der Waals surface area contributed by atoms with E-state index in [4.69, 9.17) is 14.6 Å². The van der Waals surface area contributed by atoms with Gasteiger partial charge < -0.3 is 20.2 Å². The third-order valence-electron chi connectivity index (χ3n) is 9.16. The predicted molar refractivity (Wildman–Crippen MR) is 215 cm³/mol. The summed E-state index contributed by atoms with van der Waals surface area (Å²) in [5.74, 6) is -0.0885. The lowest BCUT2D eigenvalue weighted by atomic mass is 9.77. The van der Waals surface area contributed by atoms with Gasteiger partial charge >= 0.3 is 5.97 Å². The van der Waals surface area contributed by atoms with Crippen LogP contribution < -0.4 is 10.6 Å². The van der Waals surface area contributed by atoms with Crippen LogP contribution in [-0.4, -0.2) is 92.9 Å². The predicted octanol–water partition coefficient (Wildman–Crippen LogP) is 5.68. The second-order valence-electron chi connectivity index (χ2n) is 13.9. The van der Waals surface area contributed by atoms with Gasteiger partial charge in [0.1, 0.15) is 35.7 Å². The minimum Gasteiger partial charge on any atom is -0.455 e. The second-order valence-corrected chi connectivity index (χ2v) is 16.8. The summed E-state index contributed by atoms with van der Waals surface area (Å²) in [6.07, 6.45) is 0. The Hall–Kier alpha value is -4.92. The number of thiazole rings is 1. The van der Waals surface area contributed by atoms with Crippen LogP contribution in [0.3, 0.4) is 0 Å². The van der Waals surface area contributed by atoms with E-state index in [0.29, 0.717) is 17.4 Å². The molecule has 1 saturated heterocycles. The minimum absolute atomic E-state index is 0.0769. The molecule has 7 rings (SSSR count). The van der Waals surface area contributed by atoms with E-state index in [2.05, 4.69) is 56.8 Å². The molecule has 0 bridgehead atoms. The van der Waals surface area contributed by atoms with Crippen LogP contribution in [0.25, 0.3) is 0 Å². The minimum atomic E-state index is -0.877. The Bertz CT molecular complexity index is 2020. The second kappa shape index (κ2) is 15.8. The van der Waals surface area contributed by atoms with E-state index in [0.717, 1.165) is 33.9 Å². The van der Waals surface area contributed by atoms with Crippen LogP contribution in [0, 0.1) is 0 Å². The van der Waals surface area contributed by atoms with Gasteiger partial charge in [0.05, 0.1) is 16.7 Å². The van der Waals surface area contributed by atoms with Gasteiger partial charge in [-0.2, -0.15) is 0 Å². The Morgan fingerprint density at radius 2 is 1.57 bits per heavy atom. The van der Waals surface area contributed by atoms with Crippen LogP contribution in [0.15, 0.2) is 112 Å². The molecule has 2 atom stereocenters. The van der Waals surface area contributed by atoms with Gasteiger partial charge in [-0.1, -0.05) is 108 Å². The van der Waals surface area contributed by atoms with Crippen LogP contribution in [0.4, 0.5) is 5.13 Å². The third-order valence-corrected chi connectivity index (χ3v) is 12.0. The maximum absolute atomic E-state index is 13.9. The van der Waals surface area contributed by atoms with Crippen LogP contribution in [0.1, 0.15) is 43.2 Å². The van der Waals surface area contributed by atoms with Gasteiger partial charge in [-0.3, -0.25) is 14.5 Å². The first-order valence-corrected chi connectivity index (χ1v) is 20.4. The van der Waals surface area contributed by atoms with Crippen molar-refractivity contribution in [1.29, 1.82) is 0 Å². The van der Waals surface area contributed by atoms with E-state index in [9.17, 15) is 14.4 Å².